The van der Waals surface area contributed by atoms with Crippen LogP contribution in [0.2, 0.25) is 0 Å². The van der Waals surface area contributed by atoms with Crippen LogP contribution in [0.1, 0.15) is 26.0 Å². The van der Waals surface area contributed by atoms with E-state index in [2.05, 4.69) is 25.3 Å². The van der Waals surface area contributed by atoms with Gasteiger partial charge in [-0.3, -0.25) is 0 Å². The van der Waals surface area contributed by atoms with Gasteiger partial charge in [0, 0.05) is 12.5 Å². The fourth-order valence-electron chi connectivity index (χ4n) is 4.47. The molecule has 1 saturated carbocycles. The maximum absolute atomic E-state index is 12.3. The molecule has 0 spiro atoms. The Morgan fingerprint density at radius 1 is 1.11 bits per heavy atom. The molecule has 1 aromatic carbocycles. The Bertz CT molecular complexity index is 1200. The molecule has 1 aliphatic carbocycles. The van der Waals surface area contributed by atoms with Gasteiger partial charge in [-0.15, -0.1) is 11.3 Å². The Hall–Kier alpha value is -2.58. The van der Waals surface area contributed by atoms with E-state index in [1.807, 2.05) is 24.3 Å². The van der Waals surface area contributed by atoms with E-state index in [4.69, 9.17) is 4.98 Å². The number of halogens is 3. The van der Waals surface area contributed by atoms with E-state index in [9.17, 15) is 28.5 Å². The van der Waals surface area contributed by atoms with Gasteiger partial charge in [0.05, 0.1) is 45.8 Å². The van der Waals surface area contributed by atoms with E-state index in [0.717, 1.165) is 10.2 Å². The number of ether oxygens (including phenoxy) is 1. The average molecular weight is 542 g/mol. The molecule has 5 N–H and O–H groups in total. The van der Waals surface area contributed by atoms with Gasteiger partial charge in [0.25, 0.3) is 0 Å². The van der Waals surface area contributed by atoms with E-state index in [1.54, 1.807) is 20.8 Å². The fraction of sp³-hybridized carbons (Fsp3) is 0.542. The van der Waals surface area contributed by atoms with Gasteiger partial charge in [0.1, 0.15) is 23.5 Å². The Balaban J connectivity index is 1.62. The highest BCUT2D eigenvalue weighted by Gasteiger charge is 2.48. The summed E-state index contributed by atoms with van der Waals surface area (Å²) in [6, 6.07) is 7.00. The van der Waals surface area contributed by atoms with Gasteiger partial charge in [-0.05, 0) is 39.3 Å². The second-order valence-electron chi connectivity index (χ2n) is 9.67. The van der Waals surface area contributed by atoms with Crippen LogP contribution in [-0.4, -0.2) is 80.1 Å². The normalized spacial score (nSPS) is 22.5. The predicted molar refractivity (Wildman–Crippen MR) is 135 cm³/mol. The molecule has 2 aromatic heterocycles. The van der Waals surface area contributed by atoms with Crippen molar-refractivity contribution in [2.75, 3.05) is 30.4 Å². The molecule has 2 heterocycles. The van der Waals surface area contributed by atoms with Crippen LogP contribution in [0, 0.1) is 12.8 Å². The smallest absolute Gasteiger partial charge is 0.390 e. The lowest BCUT2D eigenvalue weighted by Crippen LogP contribution is -2.40. The topological polar surface area (TPSA) is 133 Å². The van der Waals surface area contributed by atoms with Gasteiger partial charge < -0.3 is 30.7 Å². The molecule has 0 radical (unpaired) electrons. The number of benzene rings is 1. The zero-order valence-corrected chi connectivity index (χ0v) is 21.4. The second-order valence-corrected chi connectivity index (χ2v) is 10.7. The molecule has 0 unspecified atom stereocenters. The van der Waals surface area contributed by atoms with Crippen LogP contribution in [0.15, 0.2) is 24.3 Å². The molecule has 3 aromatic rings. The van der Waals surface area contributed by atoms with Crippen molar-refractivity contribution in [3.8, 4) is 10.6 Å². The summed E-state index contributed by atoms with van der Waals surface area (Å²) in [5.74, 6) is -0.0670. The van der Waals surface area contributed by atoms with Crippen molar-refractivity contribution in [1.82, 2.24) is 15.0 Å². The number of alkyl halides is 3. The first-order valence-corrected chi connectivity index (χ1v) is 12.6. The molecule has 1 aliphatic rings. The lowest BCUT2D eigenvalue weighted by atomic mass is 9.88. The van der Waals surface area contributed by atoms with Crippen molar-refractivity contribution in [2.24, 2.45) is 5.92 Å². The monoisotopic (exact) mass is 541 g/mol. The van der Waals surface area contributed by atoms with E-state index in [1.165, 1.54) is 11.3 Å². The van der Waals surface area contributed by atoms with E-state index < -0.39 is 42.6 Å². The number of aryl methyl sites for hydroxylation is 1. The fourth-order valence-corrected chi connectivity index (χ4v) is 5.53. The standard InChI is InChI=1S/C24H30F3N5O4S/c1-12-17(21-31-14-6-4-5-7-16(14)37-21)20(30-15-10-13(23(2,3)35)18(33)19(15)34)32-22(29-12)28-8-9-36-11-24(25,26)27/h4-7,13,15,18-19,33-35H,8-11H2,1-3H3,(H2,28,29,30,32)/t13-,15+,18+,19-/m0/s1. The number of nitrogens with zero attached hydrogens (tertiary/aromatic N) is 3. The van der Waals surface area contributed by atoms with E-state index in [-0.39, 0.29) is 25.5 Å². The van der Waals surface area contributed by atoms with Gasteiger partial charge in [0.2, 0.25) is 5.95 Å². The van der Waals surface area contributed by atoms with Crippen LogP contribution in [0.25, 0.3) is 20.8 Å². The number of rotatable bonds is 9. The highest BCUT2D eigenvalue weighted by Crippen LogP contribution is 2.40. The number of hydrogen-bond acceptors (Lipinski definition) is 10. The lowest BCUT2D eigenvalue weighted by Gasteiger charge is -2.28. The molecule has 13 heteroatoms. The Kier molecular flexibility index (Phi) is 7.91. The highest BCUT2D eigenvalue weighted by molar-refractivity contribution is 7.21. The van der Waals surface area contributed by atoms with Crippen LogP contribution in [-0.2, 0) is 4.74 Å². The minimum atomic E-state index is -4.41. The zero-order chi connectivity index (χ0) is 27.0. The van der Waals surface area contributed by atoms with Gasteiger partial charge in [-0.25, -0.2) is 9.97 Å². The van der Waals surface area contributed by atoms with Crippen molar-refractivity contribution in [3.05, 3.63) is 30.0 Å². The van der Waals surface area contributed by atoms with Gasteiger partial charge >= 0.3 is 6.18 Å². The van der Waals surface area contributed by atoms with Crippen LogP contribution in [0.4, 0.5) is 24.9 Å². The molecule has 0 aliphatic heterocycles. The van der Waals surface area contributed by atoms with Crippen LogP contribution >= 0.6 is 11.3 Å². The third kappa shape index (κ3) is 6.47. The van der Waals surface area contributed by atoms with Crippen LogP contribution < -0.4 is 10.6 Å². The number of anilines is 2. The number of para-hydroxylation sites is 1. The Labute approximate surface area is 215 Å². The summed E-state index contributed by atoms with van der Waals surface area (Å²) in [6.45, 7) is 3.42. The van der Waals surface area contributed by atoms with E-state index in [0.29, 0.717) is 22.1 Å². The molecule has 202 valence electrons. The van der Waals surface area contributed by atoms with E-state index >= 15 is 0 Å². The Morgan fingerprint density at radius 3 is 2.49 bits per heavy atom. The SMILES string of the molecule is Cc1nc(NCCOCC(F)(F)F)nc(N[C@@H]2C[C@H](C(C)(C)O)[C@@H](O)[C@H]2O)c1-c1nc2ccccc2s1. The van der Waals surface area contributed by atoms with Crippen molar-refractivity contribution in [2.45, 2.75) is 57.2 Å². The van der Waals surface area contributed by atoms with Gasteiger partial charge in [-0.1, -0.05) is 12.1 Å². The minimum Gasteiger partial charge on any atom is -0.390 e. The summed E-state index contributed by atoms with van der Waals surface area (Å²) in [7, 11) is 0. The molecule has 0 saturated heterocycles. The lowest BCUT2D eigenvalue weighted by molar-refractivity contribution is -0.172. The summed E-state index contributed by atoms with van der Waals surface area (Å²) in [5.41, 5.74) is 0.753. The molecule has 0 bridgehead atoms. The third-order valence-corrected chi connectivity index (χ3v) is 7.36. The first-order chi connectivity index (χ1) is 17.3. The summed E-state index contributed by atoms with van der Waals surface area (Å²) >= 11 is 1.45. The van der Waals surface area contributed by atoms with Crippen molar-refractivity contribution in [3.63, 3.8) is 0 Å². The number of nitrogens with one attached hydrogen (secondary N) is 2. The highest BCUT2D eigenvalue weighted by atomic mass is 32.1. The first kappa shape index (κ1) is 27.5. The number of aliphatic hydroxyl groups is 3. The minimum absolute atomic E-state index is 0.0426. The van der Waals surface area contributed by atoms with Gasteiger partial charge in [-0.2, -0.15) is 18.2 Å². The molecule has 0 amide bonds. The summed E-state index contributed by atoms with van der Waals surface area (Å²) in [4.78, 5) is 13.7. The molecule has 1 fully saturated rings. The summed E-state index contributed by atoms with van der Waals surface area (Å²) < 4.78 is 42.5. The predicted octanol–water partition coefficient (Wildman–Crippen LogP) is 3.35. The first-order valence-electron chi connectivity index (χ1n) is 11.8. The van der Waals surface area contributed by atoms with Crippen molar-refractivity contribution >= 4 is 33.3 Å². The zero-order valence-electron chi connectivity index (χ0n) is 20.6. The number of hydrogen-bond donors (Lipinski definition) is 5. The average Bonchev–Trinajstić information content (AvgIpc) is 3.34. The summed E-state index contributed by atoms with van der Waals surface area (Å²) in [5, 5.41) is 38.5. The number of aromatic nitrogens is 3. The molecular formula is C24H30F3N5O4S. The second kappa shape index (κ2) is 10.7. The Morgan fingerprint density at radius 2 is 1.84 bits per heavy atom. The molecule has 37 heavy (non-hydrogen) atoms. The van der Waals surface area contributed by atoms with Crippen molar-refractivity contribution in [1.29, 1.82) is 0 Å². The van der Waals surface area contributed by atoms with Crippen LogP contribution in [0.3, 0.4) is 0 Å². The largest absolute Gasteiger partial charge is 0.411 e. The number of fused-ring (bicyclic) bond motifs is 1. The molecule has 4 atom stereocenters. The number of thiazole rings is 1. The van der Waals surface area contributed by atoms with Gasteiger partial charge in [0.15, 0.2) is 0 Å². The maximum atomic E-state index is 12.3. The molecule has 9 nitrogen and oxygen atoms in total. The maximum Gasteiger partial charge on any atom is 0.411 e. The quantitative estimate of drug-likeness (QED) is 0.259. The molecule has 4 rings (SSSR count). The summed E-state index contributed by atoms with van der Waals surface area (Å²) in [6.07, 6.45) is -6.43. The third-order valence-electron chi connectivity index (χ3n) is 6.30. The van der Waals surface area contributed by atoms with Crippen molar-refractivity contribution < 1.29 is 33.2 Å². The molecular weight excluding hydrogens is 511 g/mol. The van der Waals surface area contributed by atoms with Crippen LogP contribution in [0.5, 0.6) is 0 Å². The number of aliphatic hydroxyl groups excluding tert-OH is 2.